The Labute approximate surface area is 115 Å². The standard InChI is InChI=1S/C15H25NO3/c1-9-5-10(2)7-13(6-9)16-14(17)11-3-4-12(8-11)15(18)19/h9-13H,3-8H2,1-2H3,(H,16,17)(H,18,19)/t9?,10?,11-,12+,13?/m1/s1. The van der Waals surface area contributed by atoms with Crippen molar-refractivity contribution < 1.29 is 14.7 Å². The molecule has 0 spiro atoms. The van der Waals surface area contributed by atoms with Gasteiger partial charge in [0.2, 0.25) is 5.91 Å². The molecule has 19 heavy (non-hydrogen) atoms. The lowest BCUT2D eigenvalue weighted by Gasteiger charge is -2.32. The molecule has 0 aromatic carbocycles. The van der Waals surface area contributed by atoms with Crippen molar-refractivity contribution in [3.05, 3.63) is 0 Å². The van der Waals surface area contributed by atoms with Gasteiger partial charge in [-0.05, 0) is 50.4 Å². The molecule has 1 amide bonds. The zero-order valence-electron chi connectivity index (χ0n) is 11.9. The summed E-state index contributed by atoms with van der Waals surface area (Å²) in [6, 6.07) is 0.287. The van der Waals surface area contributed by atoms with Gasteiger partial charge in [-0.2, -0.15) is 0 Å². The zero-order valence-corrected chi connectivity index (χ0v) is 11.9. The van der Waals surface area contributed by atoms with Crippen molar-refractivity contribution in [1.82, 2.24) is 5.32 Å². The molecule has 2 saturated carbocycles. The summed E-state index contributed by atoms with van der Waals surface area (Å²) in [4.78, 5) is 23.1. The smallest absolute Gasteiger partial charge is 0.306 e. The number of aliphatic carboxylic acids is 1. The number of carboxylic acids is 1. The normalized spacial score (nSPS) is 38.9. The fraction of sp³-hybridized carbons (Fsp3) is 0.867. The van der Waals surface area contributed by atoms with E-state index in [1.54, 1.807) is 0 Å². The third kappa shape index (κ3) is 3.71. The number of amides is 1. The zero-order chi connectivity index (χ0) is 14.0. The number of nitrogens with one attached hydrogen (secondary N) is 1. The number of carbonyl (C=O) groups is 2. The first-order valence-electron chi connectivity index (χ1n) is 7.49. The van der Waals surface area contributed by atoms with E-state index in [0.717, 1.165) is 19.3 Å². The van der Waals surface area contributed by atoms with Gasteiger partial charge < -0.3 is 10.4 Å². The molecule has 0 heterocycles. The predicted octanol–water partition coefficient (Wildman–Crippen LogP) is 2.43. The first-order chi connectivity index (χ1) is 8.95. The Morgan fingerprint density at radius 1 is 0.947 bits per heavy atom. The fourth-order valence-electron chi connectivity index (χ4n) is 3.83. The predicted molar refractivity (Wildman–Crippen MR) is 72.6 cm³/mol. The molecule has 4 nitrogen and oxygen atoms in total. The number of carboxylic acid groups (broad SMARTS) is 1. The Morgan fingerprint density at radius 2 is 1.53 bits per heavy atom. The minimum Gasteiger partial charge on any atom is -0.481 e. The van der Waals surface area contributed by atoms with E-state index in [-0.39, 0.29) is 23.8 Å². The summed E-state index contributed by atoms with van der Waals surface area (Å²) in [6.07, 6.45) is 5.25. The van der Waals surface area contributed by atoms with Crippen molar-refractivity contribution in [2.45, 2.75) is 58.4 Å². The summed E-state index contributed by atoms with van der Waals surface area (Å²) < 4.78 is 0. The molecule has 0 radical (unpaired) electrons. The number of hydrogen-bond donors (Lipinski definition) is 2. The van der Waals surface area contributed by atoms with E-state index in [1.807, 2.05) is 0 Å². The summed E-state index contributed by atoms with van der Waals surface area (Å²) in [6.45, 7) is 4.48. The van der Waals surface area contributed by atoms with Gasteiger partial charge in [0.15, 0.2) is 0 Å². The molecule has 0 aromatic rings. The molecule has 0 bridgehead atoms. The minimum absolute atomic E-state index is 0.0788. The maximum atomic E-state index is 12.2. The van der Waals surface area contributed by atoms with E-state index < -0.39 is 5.97 Å². The fourth-order valence-corrected chi connectivity index (χ4v) is 3.83. The molecule has 0 aromatic heterocycles. The third-order valence-electron chi connectivity index (χ3n) is 4.68. The van der Waals surface area contributed by atoms with Gasteiger partial charge in [-0.1, -0.05) is 13.8 Å². The van der Waals surface area contributed by atoms with E-state index in [1.165, 1.54) is 6.42 Å². The Hall–Kier alpha value is -1.06. The first kappa shape index (κ1) is 14.4. The molecule has 2 aliphatic carbocycles. The molecule has 0 aliphatic heterocycles. The lowest BCUT2D eigenvalue weighted by Crippen LogP contribution is -2.42. The lowest BCUT2D eigenvalue weighted by atomic mass is 9.80. The molecule has 108 valence electrons. The van der Waals surface area contributed by atoms with Crippen LogP contribution in [-0.2, 0) is 9.59 Å². The maximum absolute atomic E-state index is 12.2. The first-order valence-corrected chi connectivity index (χ1v) is 7.49. The molecular formula is C15H25NO3. The van der Waals surface area contributed by atoms with Gasteiger partial charge >= 0.3 is 5.97 Å². The second-order valence-electron chi connectivity index (χ2n) is 6.67. The number of rotatable bonds is 3. The highest BCUT2D eigenvalue weighted by Crippen LogP contribution is 2.33. The van der Waals surface area contributed by atoms with E-state index >= 15 is 0 Å². The Kier molecular flexibility index (Phi) is 4.48. The van der Waals surface area contributed by atoms with Crippen LogP contribution in [0.4, 0.5) is 0 Å². The largest absolute Gasteiger partial charge is 0.481 e. The van der Waals surface area contributed by atoms with Gasteiger partial charge in [0.25, 0.3) is 0 Å². The van der Waals surface area contributed by atoms with Gasteiger partial charge in [-0.15, -0.1) is 0 Å². The minimum atomic E-state index is -0.754. The van der Waals surface area contributed by atoms with Gasteiger partial charge in [-0.3, -0.25) is 9.59 Å². The maximum Gasteiger partial charge on any atom is 0.306 e. The Balaban J connectivity index is 1.83. The highest BCUT2D eigenvalue weighted by Gasteiger charge is 2.35. The highest BCUT2D eigenvalue weighted by atomic mass is 16.4. The van der Waals surface area contributed by atoms with E-state index in [4.69, 9.17) is 5.11 Å². The quantitative estimate of drug-likeness (QED) is 0.825. The number of hydrogen-bond acceptors (Lipinski definition) is 2. The summed E-state index contributed by atoms with van der Waals surface area (Å²) in [5.74, 6) is 0.257. The molecule has 4 atom stereocenters. The van der Waals surface area contributed by atoms with Gasteiger partial charge in [0.1, 0.15) is 0 Å². The van der Waals surface area contributed by atoms with Gasteiger partial charge in [-0.25, -0.2) is 0 Å². The summed E-state index contributed by atoms with van der Waals surface area (Å²) in [5.41, 5.74) is 0. The monoisotopic (exact) mass is 267 g/mol. The van der Waals surface area contributed by atoms with Crippen molar-refractivity contribution in [1.29, 1.82) is 0 Å². The Morgan fingerprint density at radius 3 is 2.05 bits per heavy atom. The van der Waals surface area contributed by atoms with Crippen LogP contribution in [-0.4, -0.2) is 23.0 Å². The van der Waals surface area contributed by atoms with Crippen molar-refractivity contribution in [2.75, 3.05) is 0 Å². The molecular weight excluding hydrogens is 242 g/mol. The SMILES string of the molecule is CC1CC(C)CC(NC(=O)[C@@H]2CC[C@H](C(=O)O)C2)C1. The Bertz CT molecular complexity index is 345. The van der Waals surface area contributed by atoms with Crippen LogP contribution in [0.2, 0.25) is 0 Å². The highest BCUT2D eigenvalue weighted by molar-refractivity contribution is 5.81. The van der Waals surface area contributed by atoms with Crippen LogP contribution >= 0.6 is 0 Å². The van der Waals surface area contributed by atoms with Crippen LogP contribution in [0, 0.1) is 23.7 Å². The van der Waals surface area contributed by atoms with E-state index in [0.29, 0.717) is 24.7 Å². The second-order valence-corrected chi connectivity index (χ2v) is 6.67. The van der Waals surface area contributed by atoms with Gasteiger partial charge in [0.05, 0.1) is 5.92 Å². The summed E-state index contributed by atoms with van der Waals surface area (Å²) >= 11 is 0. The van der Waals surface area contributed by atoms with Crippen LogP contribution in [0.25, 0.3) is 0 Å². The topological polar surface area (TPSA) is 66.4 Å². The molecule has 4 heteroatoms. The summed E-state index contributed by atoms with van der Waals surface area (Å²) in [5, 5.41) is 12.1. The van der Waals surface area contributed by atoms with Crippen LogP contribution in [0.1, 0.15) is 52.4 Å². The third-order valence-corrected chi connectivity index (χ3v) is 4.68. The molecule has 2 unspecified atom stereocenters. The van der Waals surface area contributed by atoms with Crippen molar-refractivity contribution in [3.8, 4) is 0 Å². The van der Waals surface area contributed by atoms with E-state index in [9.17, 15) is 9.59 Å². The molecule has 2 rings (SSSR count). The van der Waals surface area contributed by atoms with Gasteiger partial charge in [0, 0.05) is 12.0 Å². The average molecular weight is 267 g/mol. The lowest BCUT2D eigenvalue weighted by molar-refractivity contribution is -0.141. The van der Waals surface area contributed by atoms with Crippen LogP contribution in [0.3, 0.4) is 0 Å². The summed E-state index contributed by atoms with van der Waals surface area (Å²) in [7, 11) is 0. The van der Waals surface area contributed by atoms with Crippen molar-refractivity contribution in [3.63, 3.8) is 0 Å². The van der Waals surface area contributed by atoms with Crippen LogP contribution in [0.5, 0.6) is 0 Å². The van der Waals surface area contributed by atoms with Crippen LogP contribution in [0.15, 0.2) is 0 Å². The molecule has 0 saturated heterocycles. The van der Waals surface area contributed by atoms with Crippen molar-refractivity contribution in [2.24, 2.45) is 23.7 Å². The number of carbonyl (C=O) groups excluding carboxylic acids is 1. The molecule has 2 N–H and O–H groups in total. The van der Waals surface area contributed by atoms with Crippen molar-refractivity contribution >= 4 is 11.9 Å². The van der Waals surface area contributed by atoms with E-state index in [2.05, 4.69) is 19.2 Å². The molecule has 2 aliphatic rings. The van der Waals surface area contributed by atoms with Crippen LogP contribution < -0.4 is 5.32 Å². The second kappa shape index (κ2) is 5.93. The average Bonchev–Trinajstić information content (AvgIpc) is 2.76. The molecule has 2 fully saturated rings.